The third-order valence-electron chi connectivity index (χ3n) is 5.00. The summed E-state index contributed by atoms with van der Waals surface area (Å²) in [6.07, 6.45) is 9.29. The van der Waals surface area contributed by atoms with Crippen molar-refractivity contribution in [1.29, 1.82) is 0 Å². The highest BCUT2D eigenvalue weighted by molar-refractivity contribution is 7.80. The van der Waals surface area contributed by atoms with E-state index in [4.69, 9.17) is 0 Å². The van der Waals surface area contributed by atoms with Crippen LogP contribution in [0.15, 0.2) is 60.9 Å². The average molecular weight is 505 g/mol. The predicted molar refractivity (Wildman–Crippen MR) is 156 cm³/mol. The largest absolute Gasteiger partial charge is 0.248 e. The Morgan fingerprint density at radius 3 is 1.36 bits per heavy atom. The molecular formula is C32H28N2S2. The zero-order chi connectivity index (χ0) is 25.3. The first-order valence-electron chi connectivity index (χ1n) is 12.0. The molecule has 1 aromatic carbocycles. The SMILES string of the molecule is SCCCCC#Cc1cc(C#Cc2ccccn2)c(C#Cc2ccccn2)cc1C#CCCCCS. The van der Waals surface area contributed by atoms with E-state index in [1.807, 2.05) is 48.5 Å². The van der Waals surface area contributed by atoms with Crippen molar-refractivity contribution < 1.29 is 0 Å². The third-order valence-corrected chi connectivity index (χ3v) is 5.64. The first-order chi connectivity index (χ1) is 17.8. The molecule has 2 nitrogen and oxygen atoms in total. The lowest BCUT2D eigenvalue weighted by Crippen LogP contribution is -1.93. The zero-order valence-electron chi connectivity index (χ0n) is 20.2. The van der Waals surface area contributed by atoms with Gasteiger partial charge in [-0.05, 0) is 85.4 Å². The van der Waals surface area contributed by atoms with Crippen molar-refractivity contribution in [2.75, 3.05) is 11.5 Å². The third kappa shape index (κ3) is 9.61. The van der Waals surface area contributed by atoms with Gasteiger partial charge in [0.1, 0.15) is 11.4 Å². The van der Waals surface area contributed by atoms with Gasteiger partial charge in [-0.15, -0.1) is 0 Å². The first kappa shape index (κ1) is 27.1. The Balaban J connectivity index is 2.06. The molecule has 178 valence electrons. The number of hydrogen-bond acceptors (Lipinski definition) is 4. The standard InChI is InChI=1S/C32H28N2S2/c35-23-11-3-1-5-13-27-25-29(17-19-31-15-7-9-21-33-31)30(18-20-32-16-8-10-22-34-32)26-28(27)14-6-2-4-12-24-36/h7-10,15-16,21-22,25-26,35-36H,1-4,11-12,23-24H2. The van der Waals surface area contributed by atoms with E-state index in [1.54, 1.807) is 12.4 Å². The lowest BCUT2D eigenvalue weighted by atomic mass is 9.98. The normalized spacial score (nSPS) is 9.39. The van der Waals surface area contributed by atoms with E-state index < -0.39 is 0 Å². The van der Waals surface area contributed by atoms with Gasteiger partial charge in [0.25, 0.3) is 0 Å². The highest BCUT2D eigenvalue weighted by Gasteiger charge is 2.06. The van der Waals surface area contributed by atoms with E-state index in [2.05, 4.69) is 82.6 Å². The van der Waals surface area contributed by atoms with Crippen LogP contribution < -0.4 is 0 Å². The van der Waals surface area contributed by atoms with Gasteiger partial charge in [-0.3, -0.25) is 0 Å². The number of rotatable bonds is 6. The molecule has 0 radical (unpaired) electrons. The first-order valence-corrected chi connectivity index (χ1v) is 13.3. The van der Waals surface area contributed by atoms with Crippen molar-refractivity contribution in [1.82, 2.24) is 9.97 Å². The zero-order valence-corrected chi connectivity index (χ0v) is 22.0. The number of pyridine rings is 2. The minimum Gasteiger partial charge on any atom is -0.248 e. The summed E-state index contributed by atoms with van der Waals surface area (Å²) in [4.78, 5) is 8.64. The van der Waals surface area contributed by atoms with Gasteiger partial charge in [0.2, 0.25) is 0 Å². The van der Waals surface area contributed by atoms with Gasteiger partial charge in [0.15, 0.2) is 0 Å². The van der Waals surface area contributed by atoms with Crippen LogP contribution in [0.1, 0.15) is 72.2 Å². The molecule has 0 saturated heterocycles. The van der Waals surface area contributed by atoms with E-state index in [0.717, 1.165) is 72.3 Å². The fraction of sp³-hybridized carbons (Fsp3) is 0.250. The lowest BCUT2D eigenvalue weighted by molar-refractivity contribution is 0.838. The maximum Gasteiger partial charge on any atom is 0.113 e. The van der Waals surface area contributed by atoms with Gasteiger partial charge in [-0.1, -0.05) is 47.7 Å². The Labute approximate surface area is 226 Å². The maximum atomic E-state index is 4.32. The number of nitrogens with zero attached hydrogens (tertiary/aromatic N) is 2. The van der Waals surface area contributed by atoms with Crippen molar-refractivity contribution in [3.05, 3.63) is 94.6 Å². The molecule has 0 aliphatic heterocycles. The van der Waals surface area contributed by atoms with E-state index >= 15 is 0 Å². The van der Waals surface area contributed by atoms with Gasteiger partial charge in [-0.2, -0.15) is 25.3 Å². The Morgan fingerprint density at radius 2 is 0.972 bits per heavy atom. The minimum atomic E-state index is 0.702. The second kappa shape index (κ2) is 16.2. The van der Waals surface area contributed by atoms with Gasteiger partial charge >= 0.3 is 0 Å². The van der Waals surface area contributed by atoms with Crippen LogP contribution in [0.25, 0.3) is 0 Å². The monoisotopic (exact) mass is 504 g/mol. The summed E-state index contributed by atoms with van der Waals surface area (Å²) in [5.74, 6) is 27.8. The number of hydrogen-bond donors (Lipinski definition) is 2. The molecule has 0 aliphatic carbocycles. The second-order valence-electron chi connectivity index (χ2n) is 7.84. The van der Waals surface area contributed by atoms with Crippen LogP contribution in [-0.2, 0) is 0 Å². The number of benzene rings is 1. The molecule has 0 fully saturated rings. The van der Waals surface area contributed by atoms with Crippen LogP contribution in [0, 0.1) is 47.4 Å². The molecule has 4 heteroatoms. The van der Waals surface area contributed by atoms with Crippen LogP contribution in [0.4, 0.5) is 0 Å². The molecule has 2 aromatic heterocycles. The molecule has 0 saturated carbocycles. The van der Waals surface area contributed by atoms with Crippen molar-refractivity contribution in [3.8, 4) is 47.4 Å². The highest BCUT2D eigenvalue weighted by Crippen LogP contribution is 2.16. The van der Waals surface area contributed by atoms with Crippen molar-refractivity contribution >= 4 is 25.3 Å². The van der Waals surface area contributed by atoms with Crippen molar-refractivity contribution in [3.63, 3.8) is 0 Å². The van der Waals surface area contributed by atoms with Gasteiger partial charge in [0.05, 0.1) is 0 Å². The molecule has 3 aromatic rings. The van der Waals surface area contributed by atoms with Gasteiger partial charge in [-0.25, -0.2) is 9.97 Å². The van der Waals surface area contributed by atoms with Crippen molar-refractivity contribution in [2.45, 2.75) is 38.5 Å². The molecule has 0 bridgehead atoms. The molecule has 3 rings (SSSR count). The summed E-state index contributed by atoms with van der Waals surface area (Å²) in [5.41, 5.74) is 4.74. The summed E-state index contributed by atoms with van der Waals surface area (Å²) in [5, 5.41) is 0. The smallest absolute Gasteiger partial charge is 0.113 e. The topological polar surface area (TPSA) is 25.8 Å². The summed E-state index contributed by atoms with van der Waals surface area (Å²) >= 11 is 8.57. The highest BCUT2D eigenvalue weighted by atomic mass is 32.1. The molecule has 2 heterocycles. The maximum absolute atomic E-state index is 4.32. The predicted octanol–water partition coefficient (Wildman–Crippen LogP) is 6.18. The fourth-order valence-corrected chi connectivity index (χ4v) is 3.56. The van der Waals surface area contributed by atoms with Crippen LogP contribution >= 0.6 is 25.3 Å². The quantitative estimate of drug-likeness (QED) is 0.238. The van der Waals surface area contributed by atoms with Crippen LogP contribution in [0.2, 0.25) is 0 Å². The summed E-state index contributed by atoms with van der Waals surface area (Å²) in [7, 11) is 0. The second-order valence-corrected chi connectivity index (χ2v) is 8.73. The van der Waals surface area contributed by atoms with Crippen LogP contribution in [-0.4, -0.2) is 21.5 Å². The van der Waals surface area contributed by atoms with E-state index in [0.29, 0.717) is 11.4 Å². The van der Waals surface area contributed by atoms with E-state index in [9.17, 15) is 0 Å². The van der Waals surface area contributed by atoms with Gasteiger partial charge in [0, 0.05) is 47.5 Å². The molecule has 36 heavy (non-hydrogen) atoms. The number of unbranched alkanes of at least 4 members (excludes halogenated alkanes) is 4. The summed E-state index contributed by atoms with van der Waals surface area (Å²) in [6.45, 7) is 0. The lowest BCUT2D eigenvalue weighted by Gasteiger charge is -2.03. The molecular weight excluding hydrogens is 477 g/mol. The number of aromatic nitrogens is 2. The summed E-state index contributed by atoms with van der Waals surface area (Å²) in [6, 6.07) is 15.4. The fourth-order valence-electron chi connectivity index (χ4n) is 3.12. The molecule has 0 atom stereocenters. The van der Waals surface area contributed by atoms with Crippen molar-refractivity contribution in [2.24, 2.45) is 0 Å². The summed E-state index contributed by atoms with van der Waals surface area (Å²) < 4.78 is 0. The Bertz CT molecular complexity index is 1260. The number of thiol groups is 2. The Morgan fingerprint density at radius 1 is 0.528 bits per heavy atom. The van der Waals surface area contributed by atoms with Crippen LogP contribution in [0.3, 0.4) is 0 Å². The minimum absolute atomic E-state index is 0.702. The Kier molecular flexibility index (Phi) is 12.2. The average Bonchev–Trinajstić information content (AvgIpc) is 2.92. The van der Waals surface area contributed by atoms with Crippen LogP contribution in [0.5, 0.6) is 0 Å². The molecule has 0 unspecified atom stereocenters. The van der Waals surface area contributed by atoms with Gasteiger partial charge < -0.3 is 0 Å². The molecule has 0 spiro atoms. The Hall–Kier alpha value is -3.54. The van der Waals surface area contributed by atoms with E-state index in [1.165, 1.54) is 0 Å². The molecule has 0 aliphatic rings. The van der Waals surface area contributed by atoms with E-state index in [-0.39, 0.29) is 0 Å². The molecule has 0 N–H and O–H groups in total. The molecule has 0 amide bonds.